The Morgan fingerprint density at radius 1 is 0.923 bits per heavy atom. The molecule has 7 nitrogen and oxygen atoms in total. The summed E-state index contributed by atoms with van der Waals surface area (Å²) in [5.74, 6) is 3.18. The van der Waals surface area contributed by atoms with Crippen LogP contribution >= 0.6 is 11.6 Å². The number of aromatic nitrogens is 1. The van der Waals surface area contributed by atoms with Crippen molar-refractivity contribution in [1.82, 2.24) is 4.90 Å². The number of hydrogen-bond donors (Lipinski definition) is 0. The zero-order chi connectivity index (χ0) is 26.5. The van der Waals surface area contributed by atoms with E-state index in [-0.39, 0.29) is 6.79 Å². The summed E-state index contributed by atoms with van der Waals surface area (Å²) >= 11 is 6.48. The molecule has 1 fully saturated rings. The maximum Gasteiger partial charge on any atom is 0.231 e. The van der Waals surface area contributed by atoms with E-state index in [1.54, 1.807) is 14.2 Å². The molecule has 0 unspecified atom stereocenters. The van der Waals surface area contributed by atoms with E-state index in [4.69, 9.17) is 30.5 Å². The summed E-state index contributed by atoms with van der Waals surface area (Å²) in [5, 5.41) is 3.05. The van der Waals surface area contributed by atoms with Crippen LogP contribution in [0.25, 0.3) is 22.0 Å². The molecule has 0 atom stereocenters. The number of hydrogen-bond acceptors (Lipinski definition) is 6. The van der Waals surface area contributed by atoms with Crippen LogP contribution in [0.2, 0.25) is 5.02 Å². The normalized spacial score (nSPS) is 16.2. The third kappa shape index (κ3) is 4.21. The van der Waals surface area contributed by atoms with Crippen LogP contribution < -0.4 is 28.4 Å². The molecule has 200 valence electrons. The Morgan fingerprint density at radius 3 is 2.49 bits per heavy atom. The van der Waals surface area contributed by atoms with Gasteiger partial charge >= 0.3 is 0 Å². The largest absolute Gasteiger partial charge is 0.493 e. The van der Waals surface area contributed by atoms with Crippen molar-refractivity contribution in [2.75, 3.05) is 52.1 Å². The number of pyridine rings is 1. The van der Waals surface area contributed by atoms with Gasteiger partial charge in [0.25, 0.3) is 0 Å². The van der Waals surface area contributed by atoms with Crippen LogP contribution in [0.5, 0.6) is 23.0 Å². The van der Waals surface area contributed by atoms with Crippen molar-refractivity contribution in [2.45, 2.75) is 19.5 Å². The molecule has 0 spiro atoms. The SMILES string of the molecule is COc1cc(CN2CCN(c3ccccc3Cl)CC2)c2cc3[n+](cc2c1OC)CCc1cc2c(cc1-3)OCO2. The highest BCUT2D eigenvalue weighted by Gasteiger charge is 2.30. The molecule has 0 aliphatic carbocycles. The molecule has 3 aliphatic heterocycles. The molecule has 1 saturated heterocycles. The number of aryl methyl sites for hydroxylation is 2. The summed E-state index contributed by atoms with van der Waals surface area (Å²) in [6.07, 6.45) is 3.16. The monoisotopic (exact) mass is 544 g/mol. The number of anilines is 1. The number of methoxy groups -OCH3 is 2. The molecule has 0 amide bonds. The Bertz CT molecular complexity index is 1580. The number of para-hydroxylation sites is 1. The first-order chi connectivity index (χ1) is 19.1. The predicted molar refractivity (Wildman–Crippen MR) is 151 cm³/mol. The lowest BCUT2D eigenvalue weighted by molar-refractivity contribution is -0.686. The van der Waals surface area contributed by atoms with Gasteiger partial charge in [-0.25, -0.2) is 0 Å². The Morgan fingerprint density at radius 2 is 1.72 bits per heavy atom. The number of piperazine rings is 1. The van der Waals surface area contributed by atoms with E-state index in [0.717, 1.165) is 84.8 Å². The molecule has 4 heterocycles. The highest BCUT2D eigenvalue weighted by atomic mass is 35.5. The molecular weight excluding hydrogens is 514 g/mol. The second-order valence-electron chi connectivity index (χ2n) is 10.3. The summed E-state index contributed by atoms with van der Waals surface area (Å²) in [6, 6.07) is 16.8. The van der Waals surface area contributed by atoms with Crippen molar-refractivity contribution in [2.24, 2.45) is 0 Å². The second kappa shape index (κ2) is 9.81. The van der Waals surface area contributed by atoms with Gasteiger partial charge in [-0.1, -0.05) is 23.7 Å². The van der Waals surface area contributed by atoms with E-state index in [1.165, 1.54) is 27.8 Å². The molecule has 8 heteroatoms. The van der Waals surface area contributed by atoms with Crippen molar-refractivity contribution < 1.29 is 23.5 Å². The van der Waals surface area contributed by atoms with Crippen LogP contribution in [0, 0.1) is 0 Å². The van der Waals surface area contributed by atoms with E-state index in [9.17, 15) is 0 Å². The number of halogens is 1. The summed E-state index contributed by atoms with van der Waals surface area (Å²) in [4.78, 5) is 4.88. The van der Waals surface area contributed by atoms with E-state index < -0.39 is 0 Å². The van der Waals surface area contributed by atoms with Gasteiger partial charge in [0.2, 0.25) is 12.5 Å². The molecule has 0 radical (unpaired) electrons. The van der Waals surface area contributed by atoms with Gasteiger partial charge in [-0.3, -0.25) is 4.90 Å². The maximum absolute atomic E-state index is 6.48. The molecule has 7 rings (SSSR count). The van der Waals surface area contributed by atoms with Crippen LogP contribution in [0.15, 0.2) is 54.7 Å². The van der Waals surface area contributed by atoms with Gasteiger partial charge in [-0.15, -0.1) is 0 Å². The van der Waals surface area contributed by atoms with Gasteiger partial charge in [-0.05, 0) is 41.5 Å². The number of fused-ring (bicyclic) bond motifs is 5. The molecular formula is C31H31ClN3O4+. The Kier molecular flexibility index (Phi) is 6.13. The zero-order valence-electron chi connectivity index (χ0n) is 22.2. The first-order valence-electron chi connectivity index (χ1n) is 13.4. The lowest BCUT2D eigenvalue weighted by Gasteiger charge is -2.36. The van der Waals surface area contributed by atoms with Crippen LogP contribution in [0.1, 0.15) is 11.1 Å². The number of benzene rings is 3. The average molecular weight is 545 g/mol. The lowest BCUT2D eigenvalue weighted by atomic mass is 9.93. The van der Waals surface area contributed by atoms with E-state index in [1.807, 2.05) is 18.2 Å². The molecule has 4 aromatic rings. The van der Waals surface area contributed by atoms with E-state index >= 15 is 0 Å². The van der Waals surface area contributed by atoms with Crippen LogP contribution in [0.3, 0.4) is 0 Å². The molecule has 0 bridgehead atoms. The molecule has 3 aromatic carbocycles. The number of nitrogens with zero attached hydrogens (tertiary/aromatic N) is 3. The fourth-order valence-electron chi connectivity index (χ4n) is 6.15. The minimum absolute atomic E-state index is 0.279. The summed E-state index contributed by atoms with van der Waals surface area (Å²) in [7, 11) is 3.42. The van der Waals surface area contributed by atoms with Crippen LogP contribution in [-0.2, 0) is 19.5 Å². The van der Waals surface area contributed by atoms with Gasteiger partial charge in [0.15, 0.2) is 35.7 Å². The molecule has 3 aliphatic rings. The Labute approximate surface area is 233 Å². The first-order valence-corrected chi connectivity index (χ1v) is 13.8. The van der Waals surface area contributed by atoms with Crippen molar-refractivity contribution in [3.05, 3.63) is 70.9 Å². The van der Waals surface area contributed by atoms with Gasteiger partial charge in [-0.2, -0.15) is 4.57 Å². The van der Waals surface area contributed by atoms with Crippen LogP contribution in [-0.4, -0.2) is 52.1 Å². The third-order valence-corrected chi connectivity index (χ3v) is 8.48. The van der Waals surface area contributed by atoms with Gasteiger partial charge < -0.3 is 23.8 Å². The fraction of sp³-hybridized carbons (Fsp3) is 0.323. The van der Waals surface area contributed by atoms with E-state index in [2.05, 4.69) is 50.9 Å². The smallest absolute Gasteiger partial charge is 0.231 e. The Balaban J connectivity index is 1.26. The number of rotatable bonds is 5. The topological polar surface area (TPSA) is 47.3 Å². The minimum Gasteiger partial charge on any atom is -0.493 e. The van der Waals surface area contributed by atoms with Gasteiger partial charge in [0.05, 0.1) is 35.9 Å². The second-order valence-corrected chi connectivity index (χ2v) is 10.7. The van der Waals surface area contributed by atoms with Gasteiger partial charge in [0, 0.05) is 50.6 Å². The fourth-order valence-corrected chi connectivity index (χ4v) is 6.41. The number of ether oxygens (including phenoxy) is 4. The summed E-state index contributed by atoms with van der Waals surface area (Å²) < 4.78 is 25.4. The van der Waals surface area contributed by atoms with Crippen molar-refractivity contribution in [1.29, 1.82) is 0 Å². The standard InChI is InChI=1S/C31H31ClN3O4/c1-36-30-14-21(17-33-9-11-34(12-10-33)26-6-4-3-5-25(26)32)22-15-27-23-16-29-28(38-19-39-29)13-20(23)7-8-35(27)18-24(22)31(30)37-2/h3-6,13-16,18H,7-12,17,19H2,1-2H3/q+1. The quantitative estimate of drug-likeness (QED) is 0.327. The minimum atomic E-state index is 0.279. The van der Waals surface area contributed by atoms with Crippen molar-refractivity contribution >= 4 is 28.1 Å². The molecule has 1 aromatic heterocycles. The van der Waals surface area contributed by atoms with Gasteiger partial charge in [0.1, 0.15) is 0 Å². The maximum atomic E-state index is 6.48. The predicted octanol–water partition coefficient (Wildman–Crippen LogP) is 5.07. The molecule has 0 saturated carbocycles. The first kappa shape index (κ1) is 24.4. The molecule has 39 heavy (non-hydrogen) atoms. The third-order valence-electron chi connectivity index (χ3n) is 8.17. The highest BCUT2D eigenvalue weighted by molar-refractivity contribution is 6.33. The van der Waals surface area contributed by atoms with Crippen molar-refractivity contribution in [3.8, 4) is 34.3 Å². The van der Waals surface area contributed by atoms with E-state index in [0.29, 0.717) is 0 Å². The zero-order valence-corrected chi connectivity index (χ0v) is 23.0. The van der Waals surface area contributed by atoms with Crippen LogP contribution in [0.4, 0.5) is 5.69 Å². The summed E-state index contributed by atoms with van der Waals surface area (Å²) in [6.45, 7) is 5.75. The van der Waals surface area contributed by atoms with Crippen molar-refractivity contribution in [3.63, 3.8) is 0 Å². The molecule has 0 N–H and O–H groups in total. The highest BCUT2D eigenvalue weighted by Crippen LogP contribution is 2.43. The Hall–Kier alpha value is -3.68. The lowest BCUT2D eigenvalue weighted by Crippen LogP contribution is -2.46. The average Bonchev–Trinajstić information content (AvgIpc) is 3.43. The summed E-state index contributed by atoms with van der Waals surface area (Å²) in [5.41, 5.74) is 6.00.